The number of benzene rings is 7. The van der Waals surface area contributed by atoms with Gasteiger partial charge in [0.1, 0.15) is 32.3 Å². The molecule has 0 aliphatic carbocycles. The first-order valence-electron chi connectivity index (χ1n) is 32.3. The molecule has 3 atom stereocenters. The van der Waals surface area contributed by atoms with Gasteiger partial charge in [0.05, 0.1) is 42.0 Å². The number of anilines is 3. The van der Waals surface area contributed by atoms with Crippen molar-refractivity contribution >= 4 is 114 Å². The summed E-state index contributed by atoms with van der Waals surface area (Å²) in [5, 5.41) is 39.1. The average Bonchev–Trinajstić information content (AvgIpc) is 0.864. The maximum absolute atomic E-state index is 12.7. The number of carbonyl (C=O) groups excluding carboxylic acids is 6. The first-order valence-corrected chi connectivity index (χ1v) is 37.0. The lowest BCUT2D eigenvalue weighted by atomic mass is 10.0. The SMILES string of the molecule is CCCCCC(C)C(=O)OC.COC(=O)C(CCCCNC(=O)c1ccc(CCl)cc1)NC(=O)c1ccc(CCl)cc1.Nc1cccc(SOO[O-])c1.O=C(NCCCCC(NC(=O)c1ccc(CNc2cccc(S(=O)(=O)[O-])c2)cc1)C(=O)O)c1ccc(CNc2cccc(S(=O)(=O)[O-])c2)cc1. The molecule has 0 aliphatic rings. The van der Waals surface area contributed by atoms with Gasteiger partial charge in [0.2, 0.25) is 0 Å². The van der Waals surface area contributed by atoms with E-state index < -0.39 is 50.2 Å². The van der Waals surface area contributed by atoms with Crippen molar-refractivity contribution in [3.05, 3.63) is 214 Å². The molecule has 0 aliphatic heterocycles. The Morgan fingerprint density at radius 2 is 0.913 bits per heavy atom. The zero-order chi connectivity index (χ0) is 75.7. The number of alkyl halides is 2. The molecule has 3 unspecified atom stereocenters. The van der Waals surface area contributed by atoms with Crippen LogP contribution in [0.3, 0.4) is 0 Å². The fourth-order valence-electron chi connectivity index (χ4n) is 9.30. The fourth-order valence-corrected chi connectivity index (χ4v) is 11.1. The van der Waals surface area contributed by atoms with E-state index in [9.17, 15) is 69.9 Å². The predicted molar refractivity (Wildman–Crippen MR) is 387 cm³/mol. The van der Waals surface area contributed by atoms with E-state index in [4.69, 9.17) is 33.7 Å². The Morgan fingerprint density at radius 1 is 0.515 bits per heavy atom. The van der Waals surface area contributed by atoms with Crippen molar-refractivity contribution < 1.29 is 88.7 Å². The highest BCUT2D eigenvalue weighted by molar-refractivity contribution is 7.94. The molecular weight excluding hydrogens is 1430 g/mol. The second kappa shape index (κ2) is 46.5. The van der Waals surface area contributed by atoms with E-state index in [0.29, 0.717) is 90.7 Å². The molecule has 26 nitrogen and oxygen atoms in total. The minimum Gasteiger partial charge on any atom is -0.744 e. The number of carbonyl (C=O) groups is 7. The van der Waals surface area contributed by atoms with Gasteiger partial charge >= 0.3 is 17.9 Å². The van der Waals surface area contributed by atoms with Gasteiger partial charge in [0, 0.05) is 82.2 Å². The van der Waals surface area contributed by atoms with Crippen molar-refractivity contribution in [1.29, 1.82) is 0 Å². The number of halogens is 2. The molecule has 0 radical (unpaired) electrons. The summed E-state index contributed by atoms with van der Waals surface area (Å²) in [5.74, 6) is -2.35. The van der Waals surface area contributed by atoms with Crippen LogP contribution in [-0.2, 0) is 78.3 Å². The molecule has 0 spiro atoms. The lowest BCUT2D eigenvalue weighted by Crippen LogP contribution is -2.41. The molecule has 0 saturated carbocycles. The van der Waals surface area contributed by atoms with Crippen LogP contribution in [0.2, 0.25) is 0 Å². The summed E-state index contributed by atoms with van der Waals surface area (Å²) < 4.78 is 80.8. The van der Waals surface area contributed by atoms with Gasteiger partial charge in [-0.15, -0.1) is 23.2 Å². The van der Waals surface area contributed by atoms with Crippen LogP contribution in [0.1, 0.15) is 142 Å². The van der Waals surface area contributed by atoms with Crippen molar-refractivity contribution in [2.75, 3.05) is 43.7 Å². The van der Waals surface area contributed by atoms with Crippen LogP contribution < -0.4 is 42.9 Å². The van der Waals surface area contributed by atoms with Crippen LogP contribution in [0.25, 0.3) is 0 Å². The summed E-state index contributed by atoms with van der Waals surface area (Å²) in [4.78, 5) is 84.7. The van der Waals surface area contributed by atoms with Crippen molar-refractivity contribution in [3.63, 3.8) is 0 Å². The van der Waals surface area contributed by atoms with Crippen LogP contribution in [-0.4, -0.2) is 112 Å². The summed E-state index contributed by atoms with van der Waals surface area (Å²) in [7, 11) is -6.43. The van der Waals surface area contributed by atoms with Crippen LogP contribution >= 0.6 is 35.2 Å². The van der Waals surface area contributed by atoms with Gasteiger partial charge in [0.25, 0.3) is 23.6 Å². The number of ether oxygens (including phenoxy) is 2. The van der Waals surface area contributed by atoms with E-state index in [1.54, 1.807) is 109 Å². The largest absolute Gasteiger partial charge is 0.744 e. The number of hydrogen-bond donors (Lipinski definition) is 8. The van der Waals surface area contributed by atoms with E-state index in [0.717, 1.165) is 52.0 Å². The second-order valence-corrected chi connectivity index (χ2v) is 26.9. The lowest BCUT2D eigenvalue weighted by Gasteiger charge is -2.16. The first kappa shape index (κ1) is 86.3. The topological polar surface area (TPSA) is 412 Å². The van der Waals surface area contributed by atoms with E-state index in [2.05, 4.69) is 52.9 Å². The Bertz CT molecular complexity index is 4050. The van der Waals surface area contributed by atoms with E-state index >= 15 is 0 Å². The number of aliphatic carboxylic acids is 1. The van der Waals surface area contributed by atoms with Crippen molar-refractivity contribution in [2.45, 2.75) is 130 Å². The third-order valence-electron chi connectivity index (χ3n) is 15.1. The highest BCUT2D eigenvalue weighted by atomic mass is 35.5. The van der Waals surface area contributed by atoms with E-state index in [1.165, 1.54) is 75.6 Å². The Labute approximate surface area is 614 Å². The van der Waals surface area contributed by atoms with Gasteiger partial charge in [-0.1, -0.05) is 99.8 Å². The summed E-state index contributed by atoms with van der Waals surface area (Å²) in [6.07, 6.45) is 7.20. The van der Waals surface area contributed by atoms with E-state index in [1.807, 2.05) is 19.1 Å². The summed E-state index contributed by atoms with van der Waals surface area (Å²) in [5.41, 5.74) is 12.0. The van der Waals surface area contributed by atoms with Crippen LogP contribution in [0.4, 0.5) is 17.1 Å². The fraction of sp³-hybridized carbons (Fsp3) is 0.319. The molecule has 103 heavy (non-hydrogen) atoms. The molecule has 31 heteroatoms. The molecule has 0 heterocycles. The Hall–Kier alpha value is -9.14. The van der Waals surface area contributed by atoms with Crippen molar-refractivity contribution in [1.82, 2.24) is 21.3 Å². The standard InChI is InChI=1S/C34H36N4O10S2.C23H26Cl2N2O4.C9H18O2.C6H7NO3S/c39-32(25-14-10-23(11-15-25)21-36-27-5-3-7-29(19-27)49(43,44)45)35-18-2-1-9-31(34(41)42)38-33(40)26-16-12-24(13-17-26)22-37-28-6-4-8-30(20-28)50(46,47)48;1-31-23(30)20(27-22(29)19-11-7-17(15-25)8-12-19)4-2-3-13-26-21(28)18-9-5-16(14-24)6-10-18;1-4-5-6-7-8(2)9(10)11-3;7-5-2-1-3-6(4-5)11-10-9-8/h3-8,10-17,19-20,31,36-37H,1-2,9,18,21-22H2,(H,35,39)(H,38,40)(H,41,42)(H,43,44,45)(H,46,47,48);5-12,20H,2-4,13-15H2,1H3,(H,26,28)(H,27,29);8H,4-7H2,1-3H3;1-4,8H,7H2/p-3. The van der Waals surface area contributed by atoms with Crippen LogP contribution in [0.15, 0.2) is 185 Å². The monoisotopic (exact) mass is 1520 g/mol. The maximum atomic E-state index is 12.7. The number of amides is 4. The molecule has 4 amide bonds. The molecule has 556 valence electrons. The third kappa shape index (κ3) is 33.2. The second-order valence-electron chi connectivity index (χ2n) is 22.9. The zero-order valence-corrected chi connectivity index (χ0v) is 61.0. The summed E-state index contributed by atoms with van der Waals surface area (Å²) in [6.45, 7) is 5.42. The number of hydrogen-bond acceptors (Lipinski definition) is 22. The predicted octanol–water partition coefficient (Wildman–Crippen LogP) is 10.4. The highest BCUT2D eigenvalue weighted by Crippen LogP contribution is 2.22. The molecule has 0 bridgehead atoms. The Kier molecular flexibility index (Phi) is 38.9. The first-order chi connectivity index (χ1) is 49.2. The number of nitrogen functional groups attached to an aromatic ring is 1. The van der Waals surface area contributed by atoms with Crippen LogP contribution in [0, 0.1) is 5.92 Å². The number of carboxylic acids is 1. The molecule has 0 aromatic heterocycles. The highest BCUT2D eigenvalue weighted by Gasteiger charge is 2.23. The molecule has 0 saturated heterocycles. The van der Waals surface area contributed by atoms with Crippen LogP contribution in [0.5, 0.6) is 0 Å². The smallest absolute Gasteiger partial charge is 0.328 e. The molecular formula is C72H84Cl2N7O19S3-3. The molecule has 7 rings (SSSR count). The number of carboxylic acid groups (broad SMARTS) is 1. The van der Waals surface area contributed by atoms with Gasteiger partial charge in [-0.25, -0.2) is 26.4 Å². The Balaban J connectivity index is 0.000000355. The van der Waals surface area contributed by atoms with Gasteiger partial charge in [-0.3, -0.25) is 29.0 Å². The van der Waals surface area contributed by atoms with Gasteiger partial charge in [0.15, 0.2) is 0 Å². The maximum Gasteiger partial charge on any atom is 0.328 e. The minimum atomic E-state index is -4.59. The quantitative estimate of drug-likeness (QED) is 0.00264. The number of methoxy groups -OCH3 is 2. The van der Waals surface area contributed by atoms with Crippen molar-refractivity contribution in [2.24, 2.45) is 5.92 Å². The van der Waals surface area contributed by atoms with Gasteiger partial charge in [-0.2, -0.15) is 4.33 Å². The van der Waals surface area contributed by atoms with Crippen molar-refractivity contribution in [3.8, 4) is 0 Å². The van der Waals surface area contributed by atoms with Gasteiger partial charge in [-0.05, 0) is 170 Å². The molecule has 7 aromatic carbocycles. The number of nitrogens with two attached hydrogens (primary N) is 1. The Morgan fingerprint density at radius 3 is 1.30 bits per heavy atom. The lowest BCUT2D eigenvalue weighted by molar-refractivity contribution is -0.777. The molecule has 7 aromatic rings. The number of esters is 2. The average molecular weight is 1520 g/mol. The van der Waals surface area contributed by atoms with Gasteiger partial charge < -0.3 is 66.6 Å². The zero-order valence-electron chi connectivity index (χ0n) is 57.1. The minimum absolute atomic E-state index is 0.0755. The summed E-state index contributed by atoms with van der Waals surface area (Å²) in [6, 6.07) is 43.1. The number of rotatable bonds is 36. The van der Waals surface area contributed by atoms with E-state index in [-0.39, 0.29) is 64.5 Å². The molecule has 0 fully saturated rings. The number of nitrogens with one attached hydrogen (secondary N) is 6. The number of unbranched alkanes of at least 4 members (excludes halogenated alkanes) is 4. The summed E-state index contributed by atoms with van der Waals surface area (Å²) >= 11 is 12.3. The normalized spacial score (nSPS) is 11.7. The third-order valence-corrected chi connectivity index (χ3v) is 17.9. The molecule has 9 N–H and O–H groups in total.